The summed E-state index contributed by atoms with van der Waals surface area (Å²) in [5.41, 5.74) is 1.26. The summed E-state index contributed by atoms with van der Waals surface area (Å²) in [7, 11) is 0. The largest absolute Gasteiger partial charge is 0.573 e. The number of hydrogen-bond acceptors (Lipinski definition) is 5. The Hall–Kier alpha value is -3.35. The lowest BCUT2D eigenvalue weighted by molar-refractivity contribution is -0.275. The van der Waals surface area contributed by atoms with E-state index in [1.807, 2.05) is 11.0 Å². The number of nitriles is 1. The van der Waals surface area contributed by atoms with E-state index in [1.54, 1.807) is 12.1 Å². The lowest BCUT2D eigenvalue weighted by Crippen LogP contribution is -2.44. The SMILES string of the molecule is CC(=O)NC1CCN(c2cc(C#N)nc(-c3ccc(OC(F)(F)F)c(F)c3)c2)CC1. The molecule has 10 heteroatoms. The first kappa shape index (κ1) is 21.4. The first-order valence-electron chi connectivity index (χ1n) is 9.14. The van der Waals surface area contributed by atoms with Crippen LogP contribution < -0.4 is 15.0 Å². The van der Waals surface area contributed by atoms with Gasteiger partial charge in [0.1, 0.15) is 11.8 Å². The molecule has 3 rings (SSSR count). The molecule has 0 aliphatic carbocycles. The lowest BCUT2D eigenvalue weighted by atomic mass is 10.0. The standard InChI is InChI=1S/C20H18F4N4O2/c1-12(29)26-14-4-6-28(7-5-14)16-9-15(11-25)27-18(10-16)13-2-3-19(17(21)8-13)30-20(22,23)24/h2-3,8-10,14H,4-7H2,1H3,(H,26,29). The van der Waals surface area contributed by atoms with E-state index in [0.29, 0.717) is 18.8 Å². The number of hydrogen-bond donors (Lipinski definition) is 1. The van der Waals surface area contributed by atoms with Crippen molar-refractivity contribution in [2.45, 2.75) is 32.2 Å². The normalized spacial score (nSPS) is 14.9. The number of carbonyl (C=O) groups excluding carboxylic acids is 1. The predicted octanol–water partition coefficient (Wildman–Crippen LogP) is 3.76. The van der Waals surface area contributed by atoms with E-state index >= 15 is 0 Å². The van der Waals surface area contributed by atoms with Gasteiger partial charge in [0.15, 0.2) is 11.6 Å². The van der Waals surface area contributed by atoms with Gasteiger partial charge in [-0.1, -0.05) is 0 Å². The lowest BCUT2D eigenvalue weighted by Gasteiger charge is -2.34. The predicted molar refractivity (Wildman–Crippen MR) is 100 cm³/mol. The third-order valence-corrected chi connectivity index (χ3v) is 4.65. The van der Waals surface area contributed by atoms with Crippen LogP contribution in [0.25, 0.3) is 11.3 Å². The Labute approximate surface area is 170 Å². The molecule has 30 heavy (non-hydrogen) atoms. The maximum absolute atomic E-state index is 14.1. The summed E-state index contributed by atoms with van der Waals surface area (Å²) in [6, 6.07) is 8.28. The smallest absolute Gasteiger partial charge is 0.403 e. The highest BCUT2D eigenvalue weighted by Crippen LogP contribution is 2.31. The van der Waals surface area contributed by atoms with Crippen molar-refractivity contribution in [1.29, 1.82) is 5.26 Å². The van der Waals surface area contributed by atoms with Crippen LogP contribution in [-0.2, 0) is 4.79 Å². The Bertz CT molecular complexity index is 980. The van der Waals surface area contributed by atoms with Gasteiger partial charge in [-0.25, -0.2) is 9.37 Å². The van der Waals surface area contributed by atoms with Crippen LogP contribution in [-0.4, -0.2) is 36.4 Å². The number of nitrogens with one attached hydrogen (secondary N) is 1. The number of alkyl halides is 3. The molecule has 1 fully saturated rings. The van der Waals surface area contributed by atoms with E-state index in [2.05, 4.69) is 15.0 Å². The number of amides is 1. The molecule has 0 atom stereocenters. The zero-order valence-corrected chi connectivity index (χ0v) is 16.0. The quantitative estimate of drug-likeness (QED) is 0.760. The zero-order valence-electron chi connectivity index (χ0n) is 16.0. The number of nitrogens with zero attached hydrogens (tertiary/aromatic N) is 3. The van der Waals surface area contributed by atoms with Gasteiger partial charge in [-0.3, -0.25) is 4.79 Å². The Morgan fingerprint density at radius 1 is 1.27 bits per heavy atom. The molecule has 2 heterocycles. The van der Waals surface area contributed by atoms with Gasteiger partial charge in [-0.15, -0.1) is 13.2 Å². The van der Waals surface area contributed by atoms with Gasteiger partial charge in [0.25, 0.3) is 0 Å². The van der Waals surface area contributed by atoms with Crippen LogP contribution in [0.15, 0.2) is 30.3 Å². The number of anilines is 1. The van der Waals surface area contributed by atoms with Crippen LogP contribution in [0.2, 0.25) is 0 Å². The first-order valence-corrected chi connectivity index (χ1v) is 9.14. The van der Waals surface area contributed by atoms with Crippen LogP contribution in [0.4, 0.5) is 23.2 Å². The molecule has 0 radical (unpaired) electrons. The molecule has 1 amide bonds. The maximum Gasteiger partial charge on any atom is 0.573 e. The number of ether oxygens (including phenoxy) is 1. The summed E-state index contributed by atoms with van der Waals surface area (Å²) < 4.78 is 54.7. The van der Waals surface area contributed by atoms with Gasteiger partial charge in [0, 0.05) is 37.3 Å². The van der Waals surface area contributed by atoms with Crippen molar-refractivity contribution in [1.82, 2.24) is 10.3 Å². The average Bonchev–Trinajstić information content (AvgIpc) is 2.68. The summed E-state index contributed by atoms with van der Waals surface area (Å²) in [5, 5.41) is 12.2. The van der Waals surface area contributed by atoms with Crippen molar-refractivity contribution in [2.24, 2.45) is 0 Å². The number of piperidine rings is 1. The molecule has 0 saturated carbocycles. The van der Waals surface area contributed by atoms with Crippen LogP contribution in [0.3, 0.4) is 0 Å². The molecule has 0 spiro atoms. The number of carbonyl (C=O) groups is 1. The molecule has 0 unspecified atom stereocenters. The Morgan fingerprint density at radius 2 is 1.97 bits per heavy atom. The van der Waals surface area contributed by atoms with E-state index < -0.39 is 17.9 Å². The molecule has 158 valence electrons. The first-order chi connectivity index (χ1) is 14.1. The van der Waals surface area contributed by atoms with Gasteiger partial charge in [0.2, 0.25) is 5.91 Å². The Balaban J connectivity index is 1.84. The summed E-state index contributed by atoms with van der Waals surface area (Å²) in [4.78, 5) is 17.4. The highest BCUT2D eigenvalue weighted by molar-refractivity contribution is 5.73. The van der Waals surface area contributed by atoms with Crippen LogP contribution in [0.1, 0.15) is 25.5 Å². The molecule has 2 aromatic rings. The number of aromatic nitrogens is 1. The second-order valence-corrected chi connectivity index (χ2v) is 6.86. The minimum atomic E-state index is -5.00. The fourth-order valence-electron chi connectivity index (χ4n) is 3.34. The number of rotatable bonds is 4. The van der Waals surface area contributed by atoms with E-state index in [9.17, 15) is 27.6 Å². The molecule has 0 bridgehead atoms. The number of pyridine rings is 1. The Kier molecular flexibility index (Phi) is 6.10. The second kappa shape index (κ2) is 8.57. The summed E-state index contributed by atoms with van der Waals surface area (Å²) in [6.45, 7) is 2.73. The highest BCUT2D eigenvalue weighted by Gasteiger charge is 2.32. The molecule has 6 nitrogen and oxygen atoms in total. The fraction of sp³-hybridized carbons (Fsp3) is 0.350. The molecular weight excluding hydrogens is 404 g/mol. The summed E-state index contributed by atoms with van der Waals surface area (Å²) in [6.07, 6.45) is -3.56. The van der Waals surface area contributed by atoms with Crippen molar-refractivity contribution in [3.63, 3.8) is 0 Å². The molecular formula is C20H18F4N4O2. The summed E-state index contributed by atoms with van der Waals surface area (Å²) >= 11 is 0. The van der Waals surface area contributed by atoms with Gasteiger partial charge < -0.3 is 15.0 Å². The van der Waals surface area contributed by atoms with Crippen molar-refractivity contribution in [3.05, 3.63) is 41.8 Å². The topological polar surface area (TPSA) is 78.3 Å². The van der Waals surface area contributed by atoms with Crippen LogP contribution in [0, 0.1) is 17.1 Å². The van der Waals surface area contributed by atoms with Crippen molar-refractivity contribution in [3.8, 4) is 23.1 Å². The Morgan fingerprint density at radius 3 is 2.53 bits per heavy atom. The van der Waals surface area contributed by atoms with Gasteiger partial charge in [-0.05, 0) is 43.2 Å². The minimum Gasteiger partial charge on any atom is -0.403 e. The van der Waals surface area contributed by atoms with Gasteiger partial charge in [0.05, 0.1) is 5.69 Å². The zero-order chi connectivity index (χ0) is 21.9. The molecule has 1 aliphatic rings. The molecule has 1 aromatic carbocycles. The monoisotopic (exact) mass is 422 g/mol. The maximum atomic E-state index is 14.1. The van der Waals surface area contributed by atoms with E-state index in [-0.39, 0.29) is 28.9 Å². The summed E-state index contributed by atoms with van der Waals surface area (Å²) in [5.74, 6) is -2.22. The van der Waals surface area contributed by atoms with Crippen LogP contribution in [0.5, 0.6) is 5.75 Å². The van der Waals surface area contributed by atoms with Gasteiger partial charge in [-0.2, -0.15) is 5.26 Å². The van der Waals surface area contributed by atoms with Crippen molar-refractivity contribution in [2.75, 3.05) is 18.0 Å². The van der Waals surface area contributed by atoms with E-state index in [1.165, 1.54) is 13.0 Å². The van der Waals surface area contributed by atoms with Crippen molar-refractivity contribution >= 4 is 11.6 Å². The highest BCUT2D eigenvalue weighted by atomic mass is 19.4. The molecule has 1 aliphatic heterocycles. The average molecular weight is 422 g/mol. The minimum absolute atomic E-state index is 0.0748. The van der Waals surface area contributed by atoms with E-state index in [0.717, 1.165) is 25.0 Å². The number of benzene rings is 1. The number of halogens is 4. The molecule has 1 saturated heterocycles. The molecule has 1 N–H and O–H groups in total. The van der Waals surface area contributed by atoms with Crippen molar-refractivity contribution < 1.29 is 27.1 Å². The van der Waals surface area contributed by atoms with Crippen LogP contribution >= 0.6 is 0 Å². The second-order valence-electron chi connectivity index (χ2n) is 6.86. The third kappa shape index (κ3) is 5.37. The molecule has 1 aromatic heterocycles. The van der Waals surface area contributed by atoms with E-state index in [4.69, 9.17) is 0 Å². The van der Waals surface area contributed by atoms with Gasteiger partial charge >= 0.3 is 6.36 Å². The third-order valence-electron chi connectivity index (χ3n) is 4.65. The fourth-order valence-corrected chi connectivity index (χ4v) is 3.34.